The van der Waals surface area contributed by atoms with Crippen molar-refractivity contribution >= 4 is 28.6 Å². The summed E-state index contributed by atoms with van der Waals surface area (Å²) in [4.78, 5) is 20.1. The van der Waals surface area contributed by atoms with E-state index in [0.29, 0.717) is 0 Å². The third-order valence-electron chi connectivity index (χ3n) is 0.498. The number of hydrogen-bond acceptors (Lipinski definition) is 2. The molecule has 0 amide bonds. The maximum atomic E-state index is 10.0. The number of Topliss-reactive ketones (excluding diaryl/α,β-unsaturated/α-hetero) is 2. The van der Waals surface area contributed by atoms with E-state index in [0.717, 1.165) is 0 Å². The van der Waals surface area contributed by atoms with Crippen molar-refractivity contribution < 1.29 is 9.59 Å². The quantitative estimate of drug-likeness (QED) is 0.447. The van der Waals surface area contributed by atoms with E-state index in [2.05, 4.69) is 0 Å². The zero-order chi connectivity index (χ0) is 5.86. The Hall–Kier alpha value is -0.141. The average Bonchev–Trinajstić information content (AvgIpc) is 1.27. The van der Waals surface area contributed by atoms with Gasteiger partial charge < -0.3 is 0 Å². The van der Waals surface area contributed by atoms with Crippen LogP contribution in [0.3, 0.4) is 0 Å². The van der Waals surface area contributed by atoms with Crippen LogP contribution < -0.4 is 0 Å². The average molecular weight is 179 g/mol. The van der Waals surface area contributed by atoms with E-state index in [1.807, 2.05) is 0 Å². The Kier molecular flexibility index (Phi) is 6.74. The molecule has 0 aromatic heterocycles. The largest absolute Gasteiger partial charge is 0.300 e. The molecule has 0 spiro atoms. The molecule has 0 aliphatic carbocycles. The molecule has 0 N–H and O–H groups in total. The summed E-state index contributed by atoms with van der Waals surface area (Å²) in [6.07, 6.45) is 0.0833. The number of carbonyl (C=O) groups excluding carboxylic acids is 2. The van der Waals surface area contributed by atoms with Gasteiger partial charge in [-0.15, -0.1) is 0 Å². The molecule has 0 aliphatic rings. The van der Waals surface area contributed by atoms with E-state index in [-0.39, 0.29) is 35.1 Å². The molecule has 2 nitrogen and oxygen atoms in total. The molecule has 0 aromatic rings. The van der Waals surface area contributed by atoms with Crippen molar-refractivity contribution in [2.75, 3.05) is 0 Å². The van der Waals surface area contributed by atoms with Gasteiger partial charge in [0.05, 0.1) is 6.42 Å². The Balaban J connectivity index is 0. The van der Waals surface area contributed by atoms with Crippen LogP contribution in [0.4, 0.5) is 0 Å². The molecule has 3 heteroatoms. The molecule has 0 aliphatic heterocycles. The molecule has 0 fully saturated rings. The maximum Gasteiger partial charge on any atom is 0.137 e. The number of carbonyl (C=O) groups is 2. The number of rotatable bonds is 2. The molecule has 0 bridgehead atoms. The first kappa shape index (κ1) is 10.8. The predicted molar refractivity (Wildman–Crippen MR) is 31.7 cm³/mol. The topological polar surface area (TPSA) is 34.1 Å². The standard InChI is InChI=1S/C5H8O2.Se/c1-4(6)3-5(2)7;/h3H2,1-2H3;. The molecule has 0 aromatic carbocycles. The third-order valence-corrected chi connectivity index (χ3v) is 0.498. The summed E-state index contributed by atoms with van der Waals surface area (Å²) in [5.41, 5.74) is 0. The fourth-order valence-corrected chi connectivity index (χ4v) is 0.351. The van der Waals surface area contributed by atoms with E-state index >= 15 is 0 Å². The Labute approximate surface area is 59.1 Å². The molecular formula is C5H8O2Se. The normalized spacial score (nSPS) is 7.25. The summed E-state index contributed by atoms with van der Waals surface area (Å²) in [5.74, 6) is -0.125. The number of hydrogen-bond donors (Lipinski definition) is 0. The first-order chi connectivity index (χ1) is 3.13. The van der Waals surface area contributed by atoms with Crippen LogP contribution in [0.5, 0.6) is 0 Å². The fourth-order valence-electron chi connectivity index (χ4n) is 0.351. The Morgan fingerprint density at radius 3 is 1.38 bits per heavy atom. The van der Waals surface area contributed by atoms with Crippen LogP contribution in [-0.2, 0) is 9.59 Å². The van der Waals surface area contributed by atoms with Gasteiger partial charge in [0.15, 0.2) is 0 Å². The Morgan fingerprint density at radius 1 is 1.12 bits per heavy atom. The van der Waals surface area contributed by atoms with Crippen molar-refractivity contribution in [1.82, 2.24) is 0 Å². The second-order valence-electron chi connectivity index (χ2n) is 1.58. The molecule has 0 heterocycles. The van der Waals surface area contributed by atoms with Gasteiger partial charge in [-0.3, -0.25) is 9.59 Å². The molecular weight excluding hydrogens is 171 g/mol. The Morgan fingerprint density at radius 2 is 1.38 bits per heavy atom. The van der Waals surface area contributed by atoms with Crippen molar-refractivity contribution in [2.45, 2.75) is 20.3 Å². The van der Waals surface area contributed by atoms with Crippen molar-refractivity contribution in [3.05, 3.63) is 0 Å². The molecule has 0 atom stereocenters. The van der Waals surface area contributed by atoms with Gasteiger partial charge in [-0.1, -0.05) is 0 Å². The molecule has 0 rings (SSSR count). The van der Waals surface area contributed by atoms with Gasteiger partial charge in [0.1, 0.15) is 11.6 Å². The smallest absolute Gasteiger partial charge is 0.137 e. The summed E-state index contributed by atoms with van der Waals surface area (Å²) in [5, 5.41) is 0. The summed E-state index contributed by atoms with van der Waals surface area (Å²) < 4.78 is 0. The van der Waals surface area contributed by atoms with Crippen LogP contribution in [-0.4, -0.2) is 28.6 Å². The van der Waals surface area contributed by atoms with Gasteiger partial charge in [0, 0.05) is 17.1 Å². The van der Waals surface area contributed by atoms with Crippen molar-refractivity contribution in [3.63, 3.8) is 0 Å². The SMILES string of the molecule is CC(=O)CC(C)=O.[Se]. The molecule has 46 valence electrons. The van der Waals surface area contributed by atoms with Gasteiger partial charge in [-0.2, -0.15) is 0 Å². The molecule has 2 radical (unpaired) electrons. The van der Waals surface area contributed by atoms with Crippen LogP contribution in [0.25, 0.3) is 0 Å². The zero-order valence-corrected chi connectivity index (χ0v) is 6.64. The van der Waals surface area contributed by atoms with Crippen LogP contribution in [0, 0.1) is 0 Å². The van der Waals surface area contributed by atoms with Gasteiger partial charge in [0.2, 0.25) is 0 Å². The van der Waals surface area contributed by atoms with Crippen LogP contribution in [0.2, 0.25) is 0 Å². The van der Waals surface area contributed by atoms with E-state index in [1.54, 1.807) is 0 Å². The van der Waals surface area contributed by atoms with Crippen LogP contribution in [0.1, 0.15) is 20.3 Å². The van der Waals surface area contributed by atoms with E-state index in [4.69, 9.17) is 0 Å². The van der Waals surface area contributed by atoms with E-state index in [9.17, 15) is 9.59 Å². The van der Waals surface area contributed by atoms with Crippen LogP contribution in [0.15, 0.2) is 0 Å². The minimum absolute atomic E-state index is 0. The minimum atomic E-state index is -0.0625. The van der Waals surface area contributed by atoms with Gasteiger partial charge in [-0.25, -0.2) is 0 Å². The van der Waals surface area contributed by atoms with Gasteiger partial charge in [0.25, 0.3) is 0 Å². The second-order valence-corrected chi connectivity index (χ2v) is 1.58. The summed E-state index contributed by atoms with van der Waals surface area (Å²) in [7, 11) is 0. The summed E-state index contributed by atoms with van der Waals surface area (Å²) in [6, 6.07) is 0. The molecule has 0 saturated heterocycles. The molecule has 0 saturated carbocycles. The van der Waals surface area contributed by atoms with E-state index < -0.39 is 0 Å². The van der Waals surface area contributed by atoms with E-state index in [1.165, 1.54) is 13.8 Å². The second kappa shape index (κ2) is 5.01. The van der Waals surface area contributed by atoms with Crippen molar-refractivity contribution in [2.24, 2.45) is 0 Å². The van der Waals surface area contributed by atoms with Crippen molar-refractivity contribution in [3.8, 4) is 0 Å². The first-order valence-electron chi connectivity index (χ1n) is 2.12. The van der Waals surface area contributed by atoms with Crippen LogP contribution >= 0.6 is 0 Å². The van der Waals surface area contributed by atoms with Gasteiger partial charge >= 0.3 is 0 Å². The monoisotopic (exact) mass is 180 g/mol. The number of ketones is 2. The van der Waals surface area contributed by atoms with Gasteiger partial charge in [-0.05, 0) is 13.8 Å². The predicted octanol–water partition coefficient (Wildman–Crippen LogP) is 0.174. The minimum Gasteiger partial charge on any atom is -0.300 e. The molecule has 0 unspecified atom stereocenters. The summed E-state index contributed by atoms with van der Waals surface area (Å²) >= 11 is 0. The maximum absolute atomic E-state index is 10.0. The zero-order valence-electron chi connectivity index (χ0n) is 4.93. The Bertz CT molecular complexity index is 86.6. The third kappa shape index (κ3) is 9.29. The molecule has 8 heavy (non-hydrogen) atoms. The summed E-state index contributed by atoms with van der Waals surface area (Å²) in [6.45, 7) is 2.81. The fraction of sp³-hybridized carbons (Fsp3) is 0.600. The van der Waals surface area contributed by atoms with Crippen molar-refractivity contribution in [1.29, 1.82) is 0 Å². The first-order valence-corrected chi connectivity index (χ1v) is 2.12.